The molecule has 0 spiro atoms. The maximum atomic E-state index is 6.56. The lowest BCUT2D eigenvalue weighted by Crippen LogP contribution is -2.42. The highest BCUT2D eigenvalue weighted by atomic mass is 16.7. The minimum absolute atomic E-state index is 0.609. The molecule has 0 aromatic rings. The van der Waals surface area contributed by atoms with E-state index in [1.54, 1.807) is 0 Å². The van der Waals surface area contributed by atoms with Crippen molar-refractivity contribution in [2.75, 3.05) is 0 Å². The van der Waals surface area contributed by atoms with Crippen LogP contribution in [-0.2, 0) is 4.84 Å². The van der Waals surface area contributed by atoms with E-state index in [2.05, 4.69) is 12.0 Å². The van der Waals surface area contributed by atoms with Crippen molar-refractivity contribution in [3.05, 3.63) is 0 Å². The zero-order chi connectivity index (χ0) is 12.8. The molecule has 0 unspecified atom stereocenters. The number of hydrogen-bond donors (Lipinski definition) is 0. The van der Waals surface area contributed by atoms with E-state index in [1.807, 2.05) is 0 Å². The van der Waals surface area contributed by atoms with Crippen molar-refractivity contribution >= 4 is 0 Å². The summed E-state index contributed by atoms with van der Waals surface area (Å²) in [6.45, 7) is 2.35. The Morgan fingerprint density at radius 1 is 1.00 bits per heavy atom. The van der Waals surface area contributed by atoms with Crippen LogP contribution in [0.1, 0.15) is 71.1 Å². The van der Waals surface area contributed by atoms with Gasteiger partial charge in [0.05, 0.1) is 6.10 Å². The highest BCUT2D eigenvalue weighted by Crippen LogP contribution is 2.56. The summed E-state index contributed by atoms with van der Waals surface area (Å²) in [5.41, 5.74) is 0. The summed E-state index contributed by atoms with van der Waals surface area (Å²) in [5, 5.41) is 2.53. The van der Waals surface area contributed by atoms with Gasteiger partial charge in [0, 0.05) is 18.0 Å². The highest BCUT2D eigenvalue weighted by Gasteiger charge is 2.58. The van der Waals surface area contributed by atoms with Gasteiger partial charge < -0.3 is 0 Å². The van der Waals surface area contributed by atoms with Gasteiger partial charge in [0.15, 0.2) is 0 Å². The standard InChI is InChI=1S/C17H29NO/c1-2-6-15-16-12-9-10-13(11-12)17(16)19-18(15)14-7-4-3-5-8-14/h12-17H,2-11H2,1H3/t12-,13-,15+,16-,17-/m0/s1. The van der Waals surface area contributed by atoms with Gasteiger partial charge in [-0.1, -0.05) is 32.6 Å². The van der Waals surface area contributed by atoms with Gasteiger partial charge in [0.25, 0.3) is 0 Å². The first-order valence-corrected chi connectivity index (χ1v) is 8.83. The number of nitrogens with zero attached hydrogens (tertiary/aromatic N) is 1. The van der Waals surface area contributed by atoms with Crippen LogP contribution in [0.3, 0.4) is 0 Å². The van der Waals surface area contributed by atoms with Crippen LogP contribution in [0, 0.1) is 17.8 Å². The summed E-state index contributed by atoms with van der Waals surface area (Å²) >= 11 is 0. The molecule has 108 valence electrons. The number of fused-ring (bicyclic) bond motifs is 5. The summed E-state index contributed by atoms with van der Waals surface area (Å²) in [6, 6.07) is 1.50. The fraction of sp³-hybridized carbons (Fsp3) is 1.00. The van der Waals surface area contributed by atoms with Gasteiger partial charge in [-0.25, -0.2) is 0 Å². The van der Waals surface area contributed by atoms with E-state index in [-0.39, 0.29) is 0 Å². The van der Waals surface area contributed by atoms with Crippen molar-refractivity contribution in [2.24, 2.45) is 17.8 Å². The first kappa shape index (κ1) is 12.6. The van der Waals surface area contributed by atoms with E-state index in [0.29, 0.717) is 6.10 Å². The molecule has 3 saturated carbocycles. The van der Waals surface area contributed by atoms with Gasteiger partial charge >= 0.3 is 0 Å². The molecule has 5 atom stereocenters. The summed E-state index contributed by atoms with van der Waals surface area (Å²) in [5.74, 6) is 2.80. The average Bonchev–Trinajstić information content (AvgIpc) is 3.12. The first-order valence-electron chi connectivity index (χ1n) is 8.83. The van der Waals surface area contributed by atoms with E-state index in [1.165, 1.54) is 64.2 Å². The smallest absolute Gasteiger partial charge is 0.0868 e. The predicted molar refractivity (Wildman–Crippen MR) is 76.6 cm³/mol. The molecule has 19 heavy (non-hydrogen) atoms. The lowest BCUT2D eigenvalue weighted by molar-refractivity contribution is -0.204. The van der Waals surface area contributed by atoms with Crippen LogP contribution in [0.25, 0.3) is 0 Å². The fourth-order valence-corrected chi connectivity index (χ4v) is 5.67. The zero-order valence-electron chi connectivity index (χ0n) is 12.4. The molecule has 2 nitrogen and oxygen atoms in total. The molecular formula is C17H29NO. The molecule has 4 rings (SSSR count). The molecular weight excluding hydrogens is 234 g/mol. The average molecular weight is 263 g/mol. The Balaban J connectivity index is 1.54. The first-order chi connectivity index (χ1) is 9.38. The van der Waals surface area contributed by atoms with Crippen LogP contribution in [0.2, 0.25) is 0 Å². The van der Waals surface area contributed by atoms with Crippen molar-refractivity contribution in [2.45, 2.75) is 89.3 Å². The van der Waals surface area contributed by atoms with E-state index in [0.717, 1.165) is 29.8 Å². The summed E-state index contributed by atoms with van der Waals surface area (Å²) in [7, 11) is 0. The van der Waals surface area contributed by atoms with Crippen LogP contribution in [0.15, 0.2) is 0 Å². The third kappa shape index (κ3) is 1.98. The molecule has 4 aliphatic rings. The molecule has 0 radical (unpaired) electrons. The minimum Gasteiger partial charge on any atom is -0.294 e. The van der Waals surface area contributed by atoms with Gasteiger partial charge in [-0.2, -0.15) is 5.06 Å². The van der Waals surface area contributed by atoms with Crippen molar-refractivity contribution in [3.8, 4) is 0 Å². The Morgan fingerprint density at radius 2 is 1.79 bits per heavy atom. The van der Waals surface area contributed by atoms with Crippen LogP contribution in [0.4, 0.5) is 0 Å². The molecule has 3 aliphatic carbocycles. The Labute approximate surface area is 117 Å². The zero-order valence-corrected chi connectivity index (χ0v) is 12.4. The summed E-state index contributed by atoms with van der Waals surface area (Å²) in [6.07, 6.45) is 14.8. The molecule has 1 heterocycles. The molecule has 0 N–H and O–H groups in total. The van der Waals surface area contributed by atoms with Gasteiger partial charge in [-0.3, -0.25) is 4.84 Å². The lowest BCUT2D eigenvalue weighted by Gasteiger charge is -2.35. The van der Waals surface area contributed by atoms with E-state index < -0.39 is 0 Å². The Morgan fingerprint density at radius 3 is 2.58 bits per heavy atom. The lowest BCUT2D eigenvalue weighted by atomic mass is 9.80. The number of hydroxylamine groups is 2. The Hall–Kier alpha value is -0.0800. The van der Waals surface area contributed by atoms with Gasteiger partial charge in [-0.15, -0.1) is 0 Å². The second kappa shape index (κ2) is 5.04. The van der Waals surface area contributed by atoms with Crippen LogP contribution in [0.5, 0.6) is 0 Å². The maximum Gasteiger partial charge on any atom is 0.0868 e. The number of hydrogen-bond acceptors (Lipinski definition) is 2. The second-order valence-corrected chi connectivity index (χ2v) is 7.49. The third-order valence-corrected chi connectivity index (χ3v) is 6.44. The Bertz CT molecular complexity index is 325. The maximum absolute atomic E-state index is 6.56. The van der Waals surface area contributed by atoms with Crippen LogP contribution >= 0.6 is 0 Å². The topological polar surface area (TPSA) is 12.5 Å². The van der Waals surface area contributed by atoms with Crippen LogP contribution in [-0.4, -0.2) is 23.3 Å². The minimum atomic E-state index is 0.609. The van der Waals surface area contributed by atoms with Crippen molar-refractivity contribution < 1.29 is 4.84 Å². The van der Waals surface area contributed by atoms with Crippen molar-refractivity contribution in [1.29, 1.82) is 0 Å². The third-order valence-electron chi connectivity index (χ3n) is 6.44. The predicted octanol–water partition coefficient (Wildman–Crippen LogP) is 4.15. The normalized spacial score (nSPS) is 46.9. The van der Waals surface area contributed by atoms with Gasteiger partial charge in [0.1, 0.15) is 0 Å². The molecule has 2 bridgehead atoms. The molecule has 1 saturated heterocycles. The van der Waals surface area contributed by atoms with Crippen LogP contribution < -0.4 is 0 Å². The van der Waals surface area contributed by atoms with E-state index in [9.17, 15) is 0 Å². The Kier molecular flexibility index (Phi) is 3.35. The monoisotopic (exact) mass is 263 g/mol. The van der Waals surface area contributed by atoms with Gasteiger partial charge in [0.2, 0.25) is 0 Å². The summed E-state index contributed by atoms with van der Waals surface area (Å²) in [4.78, 5) is 6.56. The summed E-state index contributed by atoms with van der Waals surface area (Å²) < 4.78 is 0. The molecule has 2 heteroatoms. The fourth-order valence-electron chi connectivity index (χ4n) is 5.67. The van der Waals surface area contributed by atoms with E-state index in [4.69, 9.17) is 4.84 Å². The highest BCUT2D eigenvalue weighted by molar-refractivity contribution is 5.05. The van der Waals surface area contributed by atoms with E-state index >= 15 is 0 Å². The molecule has 4 fully saturated rings. The van der Waals surface area contributed by atoms with Crippen molar-refractivity contribution in [1.82, 2.24) is 5.06 Å². The largest absolute Gasteiger partial charge is 0.294 e. The second-order valence-electron chi connectivity index (χ2n) is 7.49. The quantitative estimate of drug-likeness (QED) is 0.758. The molecule has 0 aromatic heterocycles. The molecule has 0 aromatic carbocycles. The molecule has 0 amide bonds. The number of rotatable bonds is 3. The molecule has 1 aliphatic heterocycles. The van der Waals surface area contributed by atoms with Crippen molar-refractivity contribution in [3.63, 3.8) is 0 Å². The van der Waals surface area contributed by atoms with Gasteiger partial charge in [-0.05, 0) is 50.4 Å². The SMILES string of the molecule is CCC[C@@H]1[C@@H]2[C@H]3CC[C@@H](C3)[C@@H]2ON1C1CCCCC1.